The number of ether oxygens (including phenoxy) is 2. The topological polar surface area (TPSA) is 38.7 Å². The van der Waals surface area contributed by atoms with Crippen LogP contribution in [-0.2, 0) is 5.60 Å². The van der Waals surface area contributed by atoms with Gasteiger partial charge in [-0.25, -0.2) is 0 Å². The molecule has 0 bridgehead atoms. The Morgan fingerprint density at radius 2 is 2.06 bits per heavy atom. The van der Waals surface area contributed by atoms with Crippen LogP contribution in [0.4, 0.5) is 0 Å². The maximum absolute atomic E-state index is 10.8. The van der Waals surface area contributed by atoms with Crippen molar-refractivity contribution in [2.75, 3.05) is 19.0 Å². The number of hydrogen-bond donors (Lipinski definition) is 1. The van der Waals surface area contributed by atoms with Gasteiger partial charge in [0.1, 0.15) is 5.60 Å². The van der Waals surface area contributed by atoms with Crippen LogP contribution in [0.5, 0.6) is 11.5 Å². The minimum atomic E-state index is -0.727. The van der Waals surface area contributed by atoms with E-state index in [0.29, 0.717) is 13.2 Å². The first-order chi connectivity index (χ1) is 8.70. The van der Waals surface area contributed by atoms with Gasteiger partial charge in [-0.3, -0.25) is 0 Å². The summed E-state index contributed by atoms with van der Waals surface area (Å²) in [4.78, 5) is 0. The molecule has 1 aromatic rings. The van der Waals surface area contributed by atoms with Crippen molar-refractivity contribution in [2.45, 2.75) is 30.6 Å². The van der Waals surface area contributed by atoms with Gasteiger partial charge in [0.05, 0.1) is 13.2 Å². The number of hydrogen-bond acceptors (Lipinski definition) is 4. The molecule has 0 amide bonds. The summed E-state index contributed by atoms with van der Waals surface area (Å²) in [6.45, 7) is 3.46. The normalized spacial score (nSPS) is 31.1. The summed E-state index contributed by atoms with van der Waals surface area (Å²) in [5.74, 6) is 2.56. The molecule has 18 heavy (non-hydrogen) atoms. The summed E-state index contributed by atoms with van der Waals surface area (Å²) in [7, 11) is 0. The Balaban J connectivity index is 1.96. The van der Waals surface area contributed by atoms with Crippen LogP contribution in [0.1, 0.15) is 25.3 Å². The smallest absolute Gasteiger partial charge is 0.161 e. The van der Waals surface area contributed by atoms with Crippen LogP contribution in [-0.4, -0.2) is 29.3 Å². The molecule has 98 valence electrons. The molecular weight excluding hydrogens is 248 g/mol. The average Bonchev–Trinajstić information content (AvgIpc) is 2.61. The van der Waals surface area contributed by atoms with Crippen molar-refractivity contribution in [2.24, 2.45) is 0 Å². The molecule has 1 N–H and O–H groups in total. The molecule has 0 aromatic heterocycles. The zero-order valence-electron chi connectivity index (χ0n) is 10.5. The highest BCUT2D eigenvalue weighted by molar-refractivity contribution is 8.00. The van der Waals surface area contributed by atoms with Gasteiger partial charge < -0.3 is 14.6 Å². The number of fused-ring (bicyclic) bond motifs is 1. The second-order valence-corrected chi connectivity index (χ2v) is 6.35. The molecule has 2 heterocycles. The number of aliphatic hydroxyl groups is 1. The van der Waals surface area contributed by atoms with E-state index < -0.39 is 5.60 Å². The quantitative estimate of drug-likeness (QED) is 0.848. The molecule has 1 fully saturated rings. The van der Waals surface area contributed by atoms with E-state index in [2.05, 4.69) is 6.92 Å². The van der Waals surface area contributed by atoms with Gasteiger partial charge in [-0.2, -0.15) is 11.8 Å². The van der Waals surface area contributed by atoms with E-state index >= 15 is 0 Å². The van der Waals surface area contributed by atoms with Crippen LogP contribution in [0, 0.1) is 0 Å². The fourth-order valence-electron chi connectivity index (χ4n) is 2.54. The molecule has 0 aliphatic carbocycles. The molecule has 2 aliphatic rings. The highest BCUT2D eigenvalue weighted by atomic mass is 32.2. The summed E-state index contributed by atoms with van der Waals surface area (Å²) >= 11 is 1.82. The second kappa shape index (κ2) is 4.67. The van der Waals surface area contributed by atoms with Gasteiger partial charge in [0.2, 0.25) is 0 Å². The summed E-state index contributed by atoms with van der Waals surface area (Å²) in [5.41, 5.74) is 0.222. The lowest BCUT2D eigenvalue weighted by Gasteiger charge is -2.28. The molecule has 3 nitrogen and oxygen atoms in total. The second-order valence-electron chi connectivity index (χ2n) is 4.90. The predicted molar refractivity (Wildman–Crippen MR) is 72.5 cm³/mol. The maximum atomic E-state index is 10.8. The van der Waals surface area contributed by atoms with Gasteiger partial charge in [0, 0.05) is 11.7 Å². The lowest BCUT2D eigenvalue weighted by Crippen LogP contribution is -2.31. The summed E-state index contributed by atoms with van der Waals surface area (Å²) in [5, 5.41) is 11.0. The number of thioether (sulfide) groups is 1. The van der Waals surface area contributed by atoms with Crippen LogP contribution in [0.2, 0.25) is 0 Å². The third kappa shape index (κ3) is 1.97. The van der Waals surface area contributed by atoms with Gasteiger partial charge in [-0.05, 0) is 29.9 Å². The van der Waals surface area contributed by atoms with Crippen LogP contribution in [0.3, 0.4) is 0 Å². The largest absolute Gasteiger partial charge is 0.490 e. The Labute approximate surface area is 111 Å². The third-order valence-corrected chi connectivity index (χ3v) is 5.10. The molecular formula is C14H18O3S. The van der Waals surface area contributed by atoms with E-state index in [4.69, 9.17) is 9.47 Å². The number of benzene rings is 1. The molecule has 4 heteroatoms. The predicted octanol–water partition coefficient (Wildman–Crippen LogP) is 2.56. The van der Waals surface area contributed by atoms with E-state index in [1.807, 2.05) is 30.0 Å². The Morgan fingerprint density at radius 3 is 2.78 bits per heavy atom. The van der Waals surface area contributed by atoms with Crippen molar-refractivity contribution >= 4 is 11.8 Å². The minimum absolute atomic E-state index is 0.224. The third-order valence-electron chi connectivity index (χ3n) is 3.77. The van der Waals surface area contributed by atoms with Gasteiger partial charge >= 0.3 is 0 Å². The van der Waals surface area contributed by atoms with Crippen molar-refractivity contribution < 1.29 is 14.6 Å². The fourth-order valence-corrected chi connectivity index (χ4v) is 3.86. The Morgan fingerprint density at radius 1 is 1.28 bits per heavy atom. The van der Waals surface area contributed by atoms with Crippen LogP contribution in [0.15, 0.2) is 18.2 Å². The molecule has 2 aliphatic heterocycles. The lowest BCUT2D eigenvalue weighted by atomic mass is 9.88. The van der Waals surface area contributed by atoms with E-state index in [9.17, 15) is 5.11 Å². The Bertz CT molecular complexity index is 449. The van der Waals surface area contributed by atoms with Gasteiger partial charge in [-0.15, -0.1) is 0 Å². The molecule has 3 rings (SSSR count). The lowest BCUT2D eigenvalue weighted by molar-refractivity contribution is 0.0424. The molecule has 0 radical (unpaired) electrons. The van der Waals surface area contributed by atoms with Gasteiger partial charge in [0.25, 0.3) is 0 Å². The van der Waals surface area contributed by atoms with Crippen LogP contribution in [0.25, 0.3) is 0 Å². The fraction of sp³-hybridized carbons (Fsp3) is 0.571. The molecule has 1 saturated heterocycles. The maximum Gasteiger partial charge on any atom is 0.161 e. The SMILES string of the molecule is CC1SCCC1(O)c1ccc2c(c1)OCCCO2. The standard InChI is InChI=1S/C14H18O3S/c1-10-14(15,5-8-18-10)11-3-4-12-13(9-11)17-7-2-6-16-12/h3-4,9-10,15H,2,5-8H2,1H3. The summed E-state index contributed by atoms with van der Waals surface area (Å²) in [6, 6.07) is 5.84. The first-order valence-electron chi connectivity index (χ1n) is 6.44. The molecule has 0 saturated carbocycles. The van der Waals surface area contributed by atoms with Crippen LogP contribution < -0.4 is 9.47 Å². The number of rotatable bonds is 1. The highest BCUT2D eigenvalue weighted by Crippen LogP contribution is 2.45. The summed E-state index contributed by atoms with van der Waals surface area (Å²) < 4.78 is 11.3. The molecule has 2 unspecified atom stereocenters. The van der Waals surface area contributed by atoms with E-state index in [1.165, 1.54) is 0 Å². The zero-order chi connectivity index (χ0) is 12.6. The van der Waals surface area contributed by atoms with Gasteiger partial charge in [-0.1, -0.05) is 13.0 Å². The van der Waals surface area contributed by atoms with Crippen molar-refractivity contribution in [1.82, 2.24) is 0 Å². The molecule has 0 spiro atoms. The van der Waals surface area contributed by atoms with Gasteiger partial charge in [0.15, 0.2) is 11.5 Å². The minimum Gasteiger partial charge on any atom is -0.490 e. The Hall–Kier alpha value is -0.870. The van der Waals surface area contributed by atoms with E-state index in [1.54, 1.807) is 0 Å². The van der Waals surface area contributed by atoms with Crippen molar-refractivity contribution in [1.29, 1.82) is 0 Å². The first-order valence-corrected chi connectivity index (χ1v) is 7.49. The highest BCUT2D eigenvalue weighted by Gasteiger charge is 2.41. The monoisotopic (exact) mass is 266 g/mol. The van der Waals surface area contributed by atoms with E-state index in [0.717, 1.165) is 35.7 Å². The molecule has 2 atom stereocenters. The zero-order valence-corrected chi connectivity index (χ0v) is 11.3. The first kappa shape index (κ1) is 12.2. The van der Waals surface area contributed by atoms with Crippen LogP contribution >= 0.6 is 11.8 Å². The summed E-state index contributed by atoms with van der Waals surface area (Å²) in [6.07, 6.45) is 1.71. The Kier molecular flexibility index (Phi) is 3.16. The molecule has 1 aromatic carbocycles. The van der Waals surface area contributed by atoms with Crippen molar-refractivity contribution in [3.63, 3.8) is 0 Å². The van der Waals surface area contributed by atoms with Crippen molar-refractivity contribution in [3.8, 4) is 11.5 Å². The van der Waals surface area contributed by atoms with Crippen molar-refractivity contribution in [3.05, 3.63) is 23.8 Å². The average molecular weight is 266 g/mol. The van der Waals surface area contributed by atoms with E-state index in [-0.39, 0.29) is 5.25 Å².